The lowest BCUT2D eigenvalue weighted by molar-refractivity contribution is -0.131. The minimum Gasteiger partial charge on any atom is -0.355 e. The lowest BCUT2D eigenvalue weighted by atomic mass is 10.1. The highest BCUT2D eigenvalue weighted by molar-refractivity contribution is 5.76. The van der Waals surface area contributed by atoms with Gasteiger partial charge in [-0.05, 0) is 32.0 Å². The number of amides is 2. The predicted molar refractivity (Wildman–Crippen MR) is 93.5 cm³/mol. The second kappa shape index (κ2) is 8.78. The van der Waals surface area contributed by atoms with Crippen LogP contribution in [0.2, 0.25) is 0 Å². The second-order valence-electron chi connectivity index (χ2n) is 6.58. The molecule has 2 rings (SSSR count). The molecular formula is C18H28N4O2. The van der Waals surface area contributed by atoms with E-state index in [4.69, 9.17) is 0 Å². The molecule has 0 bridgehead atoms. The highest BCUT2D eigenvalue weighted by Crippen LogP contribution is 2.24. The van der Waals surface area contributed by atoms with Gasteiger partial charge in [0.05, 0.1) is 0 Å². The smallest absolute Gasteiger partial charge is 0.223 e. The molecule has 1 aliphatic heterocycles. The molecule has 0 saturated carbocycles. The summed E-state index contributed by atoms with van der Waals surface area (Å²) in [6, 6.07) is 6.42. The number of rotatable bonds is 7. The maximum atomic E-state index is 12.4. The third kappa shape index (κ3) is 5.30. The van der Waals surface area contributed by atoms with Gasteiger partial charge in [-0.25, -0.2) is 0 Å². The van der Waals surface area contributed by atoms with Gasteiger partial charge in [0.25, 0.3) is 0 Å². The molecule has 24 heavy (non-hydrogen) atoms. The van der Waals surface area contributed by atoms with Gasteiger partial charge in [-0.15, -0.1) is 0 Å². The van der Waals surface area contributed by atoms with E-state index in [9.17, 15) is 9.59 Å². The number of likely N-dealkylation sites (N-methyl/N-ethyl adjacent to an activating group) is 2. The molecule has 0 aromatic carbocycles. The summed E-state index contributed by atoms with van der Waals surface area (Å²) >= 11 is 0. The van der Waals surface area contributed by atoms with E-state index in [0.29, 0.717) is 25.6 Å². The number of likely N-dealkylation sites (tertiary alicyclic amines) is 1. The van der Waals surface area contributed by atoms with Crippen LogP contribution in [0.4, 0.5) is 0 Å². The molecule has 6 heteroatoms. The van der Waals surface area contributed by atoms with E-state index in [1.165, 1.54) is 6.92 Å². The Labute approximate surface area is 144 Å². The summed E-state index contributed by atoms with van der Waals surface area (Å²) in [6.45, 7) is 2.88. The normalized spacial score (nSPS) is 20.8. The van der Waals surface area contributed by atoms with Crippen LogP contribution in [0.25, 0.3) is 0 Å². The standard InChI is InChI=1S/C18H28N4O2/c1-14(23)20-13-17-8-7-16(22(17)3)12-18(24)21(2)11-9-15-6-4-5-10-19-15/h4-6,10,16-17H,7-9,11-13H2,1-3H3,(H,20,23)/t16-,17+/m0/s1. The third-order valence-corrected chi connectivity index (χ3v) is 4.84. The molecule has 1 saturated heterocycles. The van der Waals surface area contributed by atoms with Crippen LogP contribution in [0.5, 0.6) is 0 Å². The van der Waals surface area contributed by atoms with E-state index in [1.807, 2.05) is 32.3 Å². The summed E-state index contributed by atoms with van der Waals surface area (Å²) in [4.78, 5) is 31.8. The SMILES string of the molecule is CC(=O)NC[C@H]1CC[C@@H](CC(=O)N(C)CCc2ccccn2)N1C. The first-order chi connectivity index (χ1) is 11.5. The highest BCUT2D eigenvalue weighted by Gasteiger charge is 2.32. The van der Waals surface area contributed by atoms with Crippen molar-refractivity contribution in [2.45, 2.75) is 44.7 Å². The van der Waals surface area contributed by atoms with Crippen molar-refractivity contribution in [1.29, 1.82) is 0 Å². The molecule has 2 atom stereocenters. The van der Waals surface area contributed by atoms with E-state index in [1.54, 1.807) is 11.1 Å². The van der Waals surface area contributed by atoms with Crippen LogP contribution in [0.15, 0.2) is 24.4 Å². The number of hydrogen-bond acceptors (Lipinski definition) is 4. The lowest BCUT2D eigenvalue weighted by Gasteiger charge is -2.27. The molecule has 6 nitrogen and oxygen atoms in total. The molecule has 2 heterocycles. The van der Waals surface area contributed by atoms with Crippen LogP contribution in [0.3, 0.4) is 0 Å². The quantitative estimate of drug-likeness (QED) is 0.811. The summed E-state index contributed by atoms with van der Waals surface area (Å²) in [7, 11) is 3.90. The summed E-state index contributed by atoms with van der Waals surface area (Å²) in [6.07, 6.45) is 5.10. The summed E-state index contributed by atoms with van der Waals surface area (Å²) in [5.41, 5.74) is 1.01. The van der Waals surface area contributed by atoms with Crippen molar-refractivity contribution >= 4 is 11.8 Å². The van der Waals surface area contributed by atoms with Crippen LogP contribution in [0, 0.1) is 0 Å². The van der Waals surface area contributed by atoms with Crippen LogP contribution in [-0.4, -0.2) is 65.9 Å². The van der Waals surface area contributed by atoms with Gasteiger partial charge >= 0.3 is 0 Å². The largest absolute Gasteiger partial charge is 0.355 e. The monoisotopic (exact) mass is 332 g/mol. The molecule has 0 radical (unpaired) electrons. The molecule has 1 N–H and O–H groups in total. The Kier molecular flexibility index (Phi) is 6.73. The number of pyridine rings is 1. The Morgan fingerprint density at radius 3 is 2.75 bits per heavy atom. The van der Waals surface area contributed by atoms with Crippen molar-refractivity contribution in [1.82, 2.24) is 20.1 Å². The first-order valence-corrected chi connectivity index (χ1v) is 8.57. The van der Waals surface area contributed by atoms with Crippen molar-refractivity contribution < 1.29 is 9.59 Å². The van der Waals surface area contributed by atoms with Crippen LogP contribution < -0.4 is 5.32 Å². The number of aromatic nitrogens is 1. The van der Waals surface area contributed by atoms with Crippen molar-refractivity contribution in [3.63, 3.8) is 0 Å². The maximum Gasteiger partial charge on any atom is 0.223 e. The average molecular weight is 332 g/mol. The fraction of sp³-hybridized carbons (Fsp3) is 0.611. The van der Waals surface area contributed by atoms with Gasteiger partial charge in [-0.2, -0.15) is 0 Å². The average Bonchev–Trinajstić information content (AvgIpc) is 2.91. The van der Waals surface area contributed by atoms with Gasteiger partial charge in [0.1, 0.15) is 0 Å². The molecule has 132 valence electrons. The minimum atomic E-state index is -0.00261. The Bertz CT molecular complexity index is 549. The van der Waals surface area contributed by atoms with E-state index in [-0.39, 0.29) is 17.9 Å². The molecule has 1 aromatic heterocycles. The summed E-state index contributed by atoms with van der Waals surface area (Å²) in [5.74, 6) is 0.167. The second-order valence-corrected chi connectivity index (χ2v) is 6.58. The molecule has 0 unspecified atom stereocenters. The number of carbonyl (C=O) groups is 2. The van der Waals surface area contributed by atoms with Crippen LogP contribution in [-0.2, 0) is 16.0 Å². The fourth-order valence-electron chi connectivity index (χ4n) is 3.15. The molecule has 1 fully saturated rings. The molecule has 0 aliphatic carbocycles. The van der Waals surface area contributed by atoms with Crippen LogP contribution in [0.1, 0.15) is 31.9 Å². The number of nitrogens with one attached hydrogen (secondary N) is 1. The maximum absolute atomic E-state index is 12.4. The van der Waals surface area contributed by atoms with Crippen molar-refractivity contribution in [3.8, 4) is 0 Å². The van der Waals surface area contributed by atoms with Crippen molar-refractivity contribution in [2.75, 3.05) is 27.2 Å². The number of nitrogens with zero attached hydrogens (tertiary/aromatic N) is 3. The minimum absolute atomic E-state index is 0.00261. The first-order valence-electron chi connectivity index (χ1n) is 8.57. The Balaban J connectivity index is 1.76. The molecule has 2 amide bonds. The fourth-order valence-corrected chi connectivity index (χ4v) is 3.15. The van der Waals surface area contributed by atoms with E-state index < -0.39 is 0 Å². The molecule has 0 spiro atoms. The topological polar surface area (TPSA) is 65.5 Å². The van der Waals surface area contributed by atoms with Gasteiger partial charge in [0, 0.05) is 63.9 Å². The molecule has 1 aromatic rings. The van der Waals surface area contributed by atoms with E-state index in [0.717, 1.165) is 25.0 Å². The van der Waals surface area contributed by atoms with Crippen LogP contribution >= 0.6 is 0 Å². The highest BCUT2D eigenvalue weighted by atomic mass is 16.2. The number of hydrogen-bond donors (Lipinski definition) is 1. The lowest BCUT2D eigenvalue weighted by Crippen LogP contribution is -2.42. The molecule has 1 aliphatic rings. The predicted octanol–water partition coefficient (Wildman–Crippen LogP) is 1.07. The van der Waals surface area contributed by atoms with E-state index in [2.05, 4.69) is 15.2 Å². The zero-order valence-electron chi connectivity index (χ0n) is 14.9. The third-order valence-electron chi connectivity index (χ3n) is 4.84. The van der Waals surface area contributed by atoms with E-state index >= 15 is 0 Å². The van der Waals surface area contributed by atoms with Gasteiger partial charge in [-0.1, -0.05) is 6.07 Å². The van der Waals surface area contributed by atoms with Crippen molar-refractivity contribution in [3.05, 3.63) is 30.1 Å². The van der Waals surface area contributed by atoms with Gasteiger partial charge in [-0.3, -0.25) is 19.5 Å². The molecular weight excluding hydrogens is 304 g/mol. The summed E-state index contributed by atoms with van der Waals surface area (Å²) < 4.78 is 0. The number of carbonyl (C=O) groups excluding carboxylic acids is 2. The van der Waals surface area contributed by atoms with Gasteiger partial charge in [0.15, 0.2) is 0 Å². The summed E-state index contributed by atoms with van der Waals surface area (Å²) in [5, 5.41) is 2.87. The van der Waals surface area contributed by atoms with Crippen molar-refractivity contribution in [2.24, 2.45) is 0 Å². The van der Waals surface area contributed by atoms with Gasteiger partial charge in [0.2, 0.25) is 11.8 Å². The zero-order valence-corrected chi connectivity index (χ0v) is 14.9. The first kappa shape index (κ1) is 18.4. The Morgan fingerprint density at radius 2 is 2.08 bits per heavy atom. The zero-order chi connectivity index (χ0) is 17.5. The Morgan fingerprint density at radius 1 is 1.33 bits per heavy atom. The van der Waals surface area contributed by atoms with Gasteiger partial charge < -0.3 is 10.2 Å². The Hall–Kier alpha value is -1.95.